The Bertz CT molecular complexity index is 969. The van der Waals surface area contributed by atoms with Crippen LogP contribution in [0.4, 0.5) is 0 Å². The van der Waals surface area contributed by atoms with Crippen LogP contribution in [0.1, 0.15) is 219 Å². The number of hydrogen-bond donors (Lipinski definition) is 3. The molecule has 0 aromatic rings. The minimum Gasteiger partial charge on any atom is -0.387 e. The first-order valence-corrected chi connectivity index (χ1v) is 25.2. The summed E-state index contributed by atoms with van der Waals surface area (Å²) in [5.41, 5.74) is 0. The van der Waals surface area contributed by atoms with Crippen molar-refractivity contribution >= 4 is 13.7 Å². The maximum absolute atomic E-state index is 12.9. The third-order valence-electron chi connectivity index (χ3n) is 10.7. The summed E-state index contributed by atoms with van der Waals surface area (Å²) >= 11 is 0. The lowest BCUT2D eigenvalue weighted by Gasteiger charge is -2.25. The zero-order valence-electron chi connectivity index (χ0n) is 37.6. The monoisotopic (exact) mass is 814 g/mol. The smallest absolute Gasteiger partial charge is 0.387 e. The van der Waals surface area contributed by atoms with E-state index >= 15 is 0 Å². The Kier molecular flexibility index (Phi) is 38.7. The van der Waals surface area contributed by atoms with Crippen molar-refractivity contribution in [1.82, 2.24) is 5.32 Å². The number of nitrogens with one attached hydrogen (secondary N) is 1. The Morgan fingerprint density at radius 2 is 0.964 bits per heavy atom. The van der Waals surface area contributed by atoms with Gasteiger partial charge in [0.1, 0.15) is 13.2 Å². The molecular formula is C47H94N2O6P+. The summed E-state index contributed by atoms with van der Waals surface area (Å²) in [5, 5.41) is 13.8. The number of aliphatic hydroxyl groups excluding tert-OH is 1. The van der Waals surface area contributed by atoms with E-state index in [4.69, 9.17) is 9.05 Å². The van der Waals surface area contributed by atoms with Gasteiger partial charge in [-0.2, -0.15) is 0 Å². The predicted octanol–water partition coefficient (Wildman–Crippen LogP) is 13.3. The molecule has 0 heterocycles. The van der Waals surface area contributed by atoms with Gasteiger partial charge in [0.2, 0.25) is 5.91 Å². The largest absolute Gasteiger partial charge is 0.472 e. The van der Waals surface area contributed by atoms with Gasteiger partial charge in [-0.3, -0.25) is 13.8 Å². The number of carbonyl (C=O) groups is 1. The van der Waals surface area contributed by atoms with Crippen molar-refractivity contribution in [3.05, 3.63) is 24.3 Å². The van der Waals surface area contributed by atoms with Crippen LogP contribution in [0, 0.1) is 0 Å². The molecule has 0 spiro atoms. The van der Waals surface area contributed by atoms with Gasteiger partial charge in [0.05, 0.1) is 39.9 Å². The highest BCUT2D eigenvalue weighted by atomic mass is 31.2. The van der Waals surface area contributed by atoms with Crippen LogP contribution in [0.15, 0.2) is 24.3 Å². The van der Waals surface area contributed by atoms with Gasteiger partial charge in [-0.15, -0.1) is 0 Å². The van der Waals surface area contributed by atoms with E-state index in [0.717, 1.165) is 25.7 Å². The second-order valence-corrected chi connectivity index (χ2v) is 18.9. The van der Waals surface area contributed by atoms with Crippen LogP contribution in [0.3, 0.4) is 0 Å². The van der Waals surface area contributed by atoms with Crippen LogP contribution in [-0.2, 0) is 18.4 Å². The molecule has 3 N–H and O–H groups in total. The summed E-state index contributed by atoms with van der Waals surface area (Å²) in [6, 6.07) is -0.863. The molecule has 0 bridgehead atoms. The van der Waals surface area contributed by atoms with Crippen molar-refractivity contribution in [2.45, 2.75) is 231 Å². The number of hydrogen-bond acceptors (Lipinski definition) is 5. The number of carbonyl (C=O) groups excluding carboxylic acids is 1. The highest BCUT2D eigenvalue weighted by Gasteiger charge is 2.27. The number of amides is 1. The van der Waals surface area contributed by atoms with Crippen LogP contribution < -0.4 is 5.32 Å². The van der Waals surface area contributed by atoms with Gasteiger partial charge in [-0.05, 0) is 32.1 Å². The molecule has 332 valence electrons. The van der Waals surface area contributed by atoms with Crippen molar-refractivity contribution in [2.75, 3.05) is 40.9 Å². The lowest BCUT2D eigenvalue weighted by molar-refractivity contribution is -0.870. The lowest BCUT2D eigenvalue weighted by atomic mass is 10.0. The van der Waals surface area contributed by atoms with E-state index in [9.17, 15) is 19.4 Å². The molecule has 56 heavy (non-hydrogen) atoms. The Morgan fingerprint density at radius 1 is 0.589 bits per heavy atom. The summed E-state index contributed by atoms with van der Waals surface area (Å²) in [4.78, 5) is 23.1. The molecule has 0 aromatic carbocycles. The summed E-state index contributed by atoms with van der Waals surface area (Å²) in [6.07, 6.45) is 46.9. The van der Waals surface area contributed by atoms with Gasteiger partial charge < -0.3 is 19.8 Å². The third-order valence-corrected chi connectivity index (χ3v) is 11.7. The normalized spacial score (nSPS) is 14.5. The molecule has 1 amide bonds. The predicted molar refractivity (Wildman–Crippen MR) is 240 cm³/mol. The molecule has 0 saturated heterocycles. The fourth-order valence-electron chi connectivity index (χ4n) is 6.88. The Balaban J connectivity index is 4.34. The van der Waals surface area contributed by atoms with Crippen molar-refractivity contribution < 1.29 is 32.9 Å². The zero-order chi connectivity index (χ0) is 41.4. The second kappa shape index (κ2) is 39.4. The summed E-state index contributed by atoms with van der Waals surface area (Å²) < 4.78 is 23.5. The van der Waals surface area contributed by atoms with Gasteiger partial charge in [0.15, 0.2) is 0 Å². The molecule has 0 radical (unpaired) electrons. The Labute approximate surface area is 347 Å². The first-order valence-electron chi connectivity index (χ1n) is 23.7. The number of nitrogens with zero attached hydrogens (tertiary/aromatic N) is 1. The molecule has 3 atom stereocenters. The van der Waals surface area contributed by atoms with Gasteiger partial charge in [0.25, 0.3) is 0 Å². The summed E-state index contributed by atoms with van der Waals surface area (Å²) in [5.74, 6) is -0.224. The van der Waals surface area contributed by atoms with E-state index in [1.54, 1.807) is 6.08 Å². The number of unbranched alkanes of at least 4 members (excludes halogenated alkanes) is 28. The molecule has 1 unspecified atom stereocenters. The topological polar surface area (TPSA) is 105 Å². The van der Waals surface area contributed by atoms with Crippen molar-refractivity contribution in [1.29, 1.82) is 0 Å². The van der Waals surface area contributed by atoms with E-state index in [2.05, 4.69) is 31.3 Å². The molecule has 0 aliphatic heterocycles. The molecule has 0 saturated carbocycles. The van der Waals surface area contributed by atoms with E-state index in [0.29, 0.717) is 17.4 Å². The molecule has 0 aliphatic rings. The van der Waals surface area contributed by atoms with Gasteiger partial charge in [-0.1, -0.05) is 205 Å². The maximum Gasteiger partial charge on any atom is 0.472 e. The summed E-state index contributed by atoms with van der Waals surface area (Å²) in [7, 11) is 1.56. The van der Waals surface area contributed by atoms with Crippen LogP contribution in [-0.4, -0.2) is 73.4 Å². The average Bonchev–Trinajstić information content (AvgIpc) is 3.15. The van der Waals surface area contributed by atoms with E-state index in [-0.39, 0.29) is 25.5 Å². The van der Waals surface area contributed by atoms with Crippen LogP contribution in [0.2, 0.25) is 0 Å². The maximum atomic E-state index is 12.9. The Morgan fingerprint density at radius 3 is 1.38 bits per heavy atom. The van der Waals surface area contributed by atoms with Gasteiger partial charge in [-0.25, -0.2) is 4.57 Å². The highest BCUT2D eigenvalue weighted by molar-refractivity contribution is 7.47. The molecule has 0 aromatic heterocycles. The number of phosphoric acid groups is 1. The number of phosphoric ester groups is 1. The second-order valence-electron chi connectivity index (χ2n) is 17.5. The average molecular weight is 814 g/mol. The quantitative estimate of drug-likeness (QED) is 0.0245. The van der Waals surface area contributed by atoms with Crippen molar-refractivity contribution in [3.63, 3.8) is 0 Å². The van der Waals surface area contributed by atoms with E-state index < -0.39 is 20.0 Å². The number of rotatable bonds is 43. The molecule has 0 rings (SSSR count). The van der Waals surface area contributed by atoms with Gasteiger partial charge >= 0.3 is 7.82 Å². The van der Waals surface area contributed by atoms with E-state index in [1.807, 2.05) is 27.2 Å². The number of aliphatic hydroxyl groups is 1. The Hall–Kier alpha value is -1.02. The first kappa shape index (κ1) is 55.0. The lowest BCUT2D eigenvalue weighted by Crippen LogP contribution is -2.45. The zero-order valence-corrected chi connectivity index (χ0v) is 38.5. The minimum atomic E-state index is -4.34. The minimum absolute atomic E-state index is 0.0571. The molecular weight excluding hydrogens is 719 g/mol. The van der Waals surface area contributed by atoms with Crippen molar-refractivity contribution in [3.8, 4) is 0 Å². The summed E-state index contributed by atoms with van der Waals surface area (Å²) in [6.45, 7) is 4.80. The standard InChI is InChI=1S/C47H93N2O6P/c1-6-8-10-12-14-16-18-20-21-22-23-24-25-26-27-29-31-33-35-37-39-41-47(51)48-45(44-55-56(52,53)54-43-42-49(3,4)5)46(50)40-38-36-34-32-30-28-19-17-15-13-11-9-7-2/h35,37-38,40,45-46,50H,6-34,36,39,41-44H2,1-5H3,(H-,48,51,52,53)/p+1/b37-35-,40-38+/t45-,46+/m1/s1. The number of likely N-dealkylation sites (N-methyl/N-ethyl adjacent to an activating group) is 1. The highest BCUT2D eigenvalue weighted by Crippen LogP contribution is 2.43. The van der Waals surface area contributed by atoms with Crippen LogP contribution in [0.5, 0.6) is 0 Å². The van der Waals surface area contributed by atoms with Crippen LogP contribution >= 0.6 is 7.82 Å². The SMILES string of the molecule is CCCCCCCCCCCCC/C=C/[C@H](O)[C@@H](COP(=O)(O)OCC[N+](C)(C)C)NC(=O)CC/C=C\CCCCCCCCCCCCCCCCCCC. The molecule has 8 nitrogen and oxygen atoms in total. The number of quaternary nitrogens is 1. The third kappa shape index (κ3) is 41.2. The fourth-order valence-corrected chi connectivity index (χ4v) is 7.62. The number of allylic oxidation sites excluding steroid dienone is 3. The first-order chi connectivity index (χ1) is 27.0. The van der Waals surface area contributed by atoms with E-state index in [1.165, 1.54) is 167 Å². The molecule has 0 aliphatic carbocycles. The molecule has 0 fully saturated rings. The fraction of sp³-hybridized carbons (Fsp3) is 0.894. The molecule has 9 heteroatoms. The van der Waals surface area contributed by atoms with Crippen LogP contribution in [0.25, 0.3) is 0 Å². The van der Waals surface area contributed by atoms with Crippen molar-refractivity contribution in [2.24, 2.45) is 0 Å². The van der Waals surface area contributed by atoms with Gasteiger partial charge in [0, 0.05) is 6.42 Å².